The van der Waals surface area contributed by atoms with Crippen LogP contribution < -0.4 is 5.32 Å². The topological polar surface area (TPSA) is 12.0 Å². The number of hydrogen-bond donors (Lipinski definition) is 1. The predicted molar refractivity (Wildman–Crippen MR) is 76.1 cm³/mol. The summed E-state index contributed by atoms with van der Waals surface area (Å²) in [5.74, 6) is 0.850. The average Bonchev–Trinajstić information content (AvgIpc) is 2.49. The maximum atomic E-state index is 6.17. The summed E-state index contributed by atoms with van der Waals surface area (Å²) in [4.78, 5) is 0. The first-order chi connectivity index (χ1) is 8.16. The van der Waals surface area contributed by atoms with E-state index in [1.165, 1.54) is 32.1 Å². The van der Waals surface area contributed by atoms with Crippen LogP contribution >= 0.6 is 23.2 Å². The molecule has 3 heteroatoms. The van der Waals surface area contributed by atoms with Crippen molar-refractivity contribution < 1.29 is 0 Å². The second-order valence-electron chi connectivity index (χ2n) is 5.05. The van der Waals surface area contributed by atoms with Crippen LogP contribution in [0.2, 0.25) is 10.0 Å². The molecule has 1 aromatic carbocycles. The molecular weight excluding hydrogens is 253 g/mol. The highest BCUT2D eigenvalue weighted by molar-refractivity contribution is 6.39. The first-order valence-corrected chi connectivity index (χ1v) is 7.13. The summed E-state index contributed by atoms with van der Waals surface area (Å²) in [7, 11) is 0. The van der Waals surface area contributed by atoms with E-state index >= 15 is 0 Å². The Balaban J connectivity index is 2.05. The van der Waals surface area contributed by atoms with Crippen molar-refractivity contribution in [1.29, 1.82) is 0 Å². The standard InChI is InChI=1S/C14H19Cl2N/c1-10-4-2-5-11(9-8-10)17-14-12(15)6-3-7-13(14)16/h3,6-7,10-11,17H,2,4-5,8-9H2,1H3. The van der Waals surface area contributed by atoms with Crippen molar-refractivity contribution in [2.45, 2.75) is 45.1 Å². The lowest BCUT2D eigenvalue weighted by molar-refractivity contribution is 0.502. The normalized spacial score (nSPS) is 25.4. The fraction of sp³-hybridized carbons (Fsp3) is 0.571. The van der Waals surface area contributed by atoms with Gasteiger partial charge in [-0.2, -0.15) is 0 Å². The first-order valence-electron chi connectivity index (χ1n) is 6.37. The summed E-state index contributed by atoms with van der Waals surface area (Å²) in [6.07, 6.45) is 6.35. The van der Waals surface area contributed by atoms with Crippen LogP contribution in [-0.4, -0.2) is 6.04 Å². The molecule has 1 aromatic rings. The van der Waals surface area contributed by atoms with Crippen LogP contribution in [0.4, 0.5) is 5.69 Å². The van der Waals surface area contributed by atoms with Crippen molar-refractivity contribution >= 4 is 28.9 Å². The van der Waals surface area contributed by atoms with Crippen molar-refractivity contribution in [3.63, 3.8) is 0 Å². The molecule has 2 unspecified atom stereocenters. The summed E-state index contributed by atoms with van der Waals surface area (Å²) in [6, 6.07) is 6.16. The van der Waals surface area contributed by atoms with E-state index in [0.29, 0.717) is 6.04 Å². The van der Waals surface area contributed by atoms with Gasteiger partial charge in [-0.25, -0.2) is 0 Å². The molecule has 2 atom stereocenters. The molecule has 2 rings (SSSR count). The molecule has 0 amide bonds. The summed E-state index contributed by atoms with van der Waals surface area (Å²) in [6.45, 7) is 2.34. The van der Waals surface area contributed by atoms with Crippen LogP contribution in [-0.2, 0) is 0 Å². The van der Waals surface area contributed by atoms with Crippen molar-refractivity contribution in [2.75, 3.05) is 5.32 Å². The molecule has 1 fully saturated rings. The zero-order valence-electron chi connectivity index (χ0n) is 10.2. The van der Waals surface area contributed by atoms with E-state index < -0.39 is 0 Å². The van der Waals surface area contributed by atoms with E-state index in [1.807, 2.05) is 18.2 Å². The molecule has 94 valence electrons. The summed E-state index contributed by atoms with van der Waals surface area (Å²) in [5, 5.41) is 4.95. The fourth-order valence-corrected chi connectivity index (χ4v) is 2.98. The zero-order valence-corrected chi connectivity index (χ0v) is 11.7. The smallest absolute Gasteiger partial charge is 0.0721 e. The van der Waals surface area contributed by atoms with Gasteiger partial charge in [0.25, 0.3) is 0 Å². The van der Waals surface area contributed by atoms with Gasteiger partial charge in [0.05, 0.1) is 15.7 Å². The van der Waals surface area contributed by atoms with E-state index in [-0.39, 0.29) is 0 Å². The van der Waals surface area contributed by atoms with Gasteiger partial charge in [-0.1, -0.05) is 49.0 Å². The largest absolute Gasteiger partial charge is 0.380 e. The van der Waals surface area contributed by atoms with Crippen molar-refractivity contribution in [3.05, 3.63) is 28.2 Å². The second kappa shape index (κ2) is 5.97. The number of halogens is 2. The molecule has 0 bridgehead atoms. The fourth-order valence-electron chi connectivity index (χ4n) is 2.47. The molecule has 1 N–H and O–H groups in total. The van der Waals surface area contributed by atoms with Gasteiger partial charge in [0.2, 0.25) is 0 Å². The minimum atomic E-state index is 0.511. The monoisotopic (exact) mass is 271 g/mol. The zero-order chi connectivity index (χ0) is 12.3. The van der Waals surface area contributed by atoms with Gasteiger partial charge in [0.1, 0.15) is 0 Å². The van der Waals surface area contributed by atoms with Crippen LogP contribution in [0.25, 0.3) is 0 Å². The Morgan fingerprint density at radius 1 is 1.06 bits per heavy atom. The minimum absolute atomic E-state index is 0.511. The number of hydrogen-bond acceptors (Lipinski definition) is 1. The highest BCUT2D eigenvalue weighted by Gasteiger charge is 2.17. The van der Waals surface area contributed by atoms with Gasteiger partial charge < -0.3 is 5.32 Å². The minimum Gasteiger partial charge on any atom is -0.380 e. The Morgan fingerprint density at radius 3 is 2.47 bits per heavy atom. The Bertz CT molecular complexity index is 358. The third-order valence-corrected chi connectivity index (χ3v) is 4.20. The molecule has 0 aromatic heterocycles. The summed E-state index contributed by atoms with van der Waals surface area (Å²) >= 11 is 12.3. The Morgan fingerprint density at radius 2 is 1.76 bits per heavy atom. The molecule has 0 heterocycles. The van der Waals surface area contributed by atoms with Gasteiger partial charge >= 0.3 is 0 Å². The molecule has 1 aliphatic rings. The molecule has 0 aliphatic heterocycles. The van der Waals surface area contributed by atoms with Crippen molar-refractivity contribution in [3.8, 4) is 0 Å². The lowest BCUT2D eigenvalue weighted by atomic mass is 10.0. The first kappa shape index (κ1) is 13.0. The summed E-state index contributed by atoms with van der Waals surface area (Å²) in [5.41, 5.74) is 0.899. The predicted octanol–water partition coefficient (Wildman–Crippen LogP) is 5.37. The number of benzene rings is 1. The third kappa shape index (κ3) is 3.53. The highest BCUT2D eigenvalue weighted by Crippen LogP contribution is 2.33. The third-order valence-electron chi connectivity index (χ3n) is 3.57. The molecule has 0 radical (unpaired) electrons. The van der Waals surface area contributed by atoms with Gasteiger partial charge in [-0.05, 0) is 37.3 Å². The average molecular weight is 272 g/mol. The quantitative estimate of drug-likeness (QED) is 0.713. The van der Waals surface area contributed by atoms with Gasteiger partial charge in [-0.15, -0.1) is 0 Å². The molecular formula is C14H19Cl2N. The Hall–Kier alpha value is -0.400. The Labute approximate surface area is 114 Å². The van der Waals surface area contributed by atoms with Gasteiger partial charge in [0, 0.05) is 6.04 Å². The van der Waals surface area contributed by atoms with Crippen molar-refractivity contribution in [1.82, 2.24) is 0 Å². The maximum absolute atomic E-state index is 6.17. The van der Waals surface area contributed by atoms with Crippen LogP contribution in [0, 0.1) is 5.92 Å². The van der Waals surface area contributed by atoms with E-state index in [1.54, 1.807) is 0 Å². The van der Waals surface area contributed by atoms with Gasteiger partial charge in [-0.3, -0.25) is 0 Å². The number of nitrogens with one attached hydrogen (secondary N) is 1. The molecule has 0 saturated heterocycles. The Kier molecular flexibility index (Phi) is 4.58. The van der Waals surface area contributed by atoms with E-state index in [2.05, 4.69) is 12.2 Å². The lowest BCUT2D eigenvalue weighted by Gasteiger charge is -2.19. The second-order valence-corrected chi connectivity index (χ2v) is 5.87. The molecule has 0 spiro atoms. The van der Waals surface area contributed by atoms with E-state index in [4.69, 9.17) is 23.2 Å². The lowest BCUT2D eigenvalue weighted by Crippen LogP contribution is -2.18. The van der Waals surface area contributed by atoms with Crippen LogP contribution in [0.3, 0.4) is 0 Å². The summed E-state index contributed by atoms with van der Waals surface area (Å²) < 4.78 is 0. The highest BCUT2D eigenvalue weighted by atomic mass is 35.5. The number of para-hydroxylation sites is 1. The molecule has 1 aliphatic carbocycles. The van der Waals surface area contributed by atoms with E-state index in [0.717, 1.165) is 21.7 Å². The maximum Gasteiger partial charge on any atom is 0.0721 e. The number of anilines is 1. The van der Waals surface area contributed by atoms with Crippen LogP contribution in [0.15, 0.2) is 18.2 Å². The van der Waals surface area contributed by atoms with Crippen LogP contribution in [0.1, 0.15) is 39.0 Å². The van der Waals surface area contributed by atoms with Crippen LogP contribution in [0.5, 0.6) is 0 Å². The molecule has 1 nitrogen and oxygen atoms in total. The molecule has 1 saturated carbocycles. The van der Waals surface area contributed by atoms with E-state index in [9.17, 15) is 0 Å². The SMILES string of the molecule is CC1CCCC(Nc2c(Cl)cccc2Cl)CC1. The number of rotatable bonds is 2. The van der Waals surface area contributed by atoms with Gasteiger partial charge in [0.15, 0.2) is 0 Å². The molecule has 17 heavy (non-hydrogen) atoms. The van der Waals surface area contributed by atoms with Crippen molar-refractivity contribution in [2.24, 2.45) is 5.92 Å².